The van der Waals surface area contributed by atoms with Crippen LogP contribution in [0.5, 0.6) is 0 Å². The van der Waals surface area contributed by atoms with Crippen molar-refractivity contribution >= 4 is 34.9 Å². The van der Waals surface area contributed by atoms with Gasteiger partial charge in [0.15, 0.2) is 5.82 Å². The van der Waals surface area contributed by atoms with E-state index in [2.05, 4.69) is 15.5 Å². The van der Waals surface area contributed by atoms with E-state index in [0.717, 1.165) is 55.2 Å². The van der Waals surface area contributed by atoms with Gasteiger partial charge >= 0.3 is 0 Å². The standard InChI is InChI=1S/C24H32ClN5O3/c1-3-21(31)27-22-16(2)28-30(19-8-6-18(25)7-9-19)24(22)29-12-10-17(11-13-29)23(32)26-15-20-5-4-14-33-20/h6-9,17,20H,3-5,10-15H2,1-2H3,(H,26,32)(H,27,31). The average molecular weight is 474 g/mol. The van der Waals surface area contributed by atoms with Gasteiger partial charge in [-0.05, 0) is 56.9 Å². The lowest BCUT2D eigenvalue weighted by molar-refractivity contribution is -0.126. The quantitative estimate of drug-likeness (QED) is 0.640. The Morgan fingerprint density at radius 3 is 2.55 bits per heavy atom. The first-order valence-electron chi connectivity index (χ1n) is 11.8. The molecule has 0 aliphatic carbocycles. The van der Waals surface area contributed by atoms with Crippen LogP contribution in [0, 0.1) is 12.8 Å². The third kappa shape index (κ3) is 5.50. The van der Waals surface area contributed by atoms with Crippen LogP contribution in [0.25, 0.3) is 5.69 Å². The molecule has 0 radical (unpaired) electrons. The summed E-state index contributed by atoms with van der Waals surface area (Å²) in [4.78, 5) is 27.1. The number of nitrogens with one attached hydrogen (secondary N) is 2. The van der Waals surface area contributed by atoms with Crippen LogP contribution in [0.15, 0.2) is 24.3 Å². The Morgan fingerprint density at radius 2 is 1.91 bits per heavy atom. The van der Waals surface area contributed by atoms with Gasteiger partial charge in [0, 0.05) is 43.6 Å². The number of halogens is 1. The predicted molar refractivity (Wildman–Crippen MR) is 129 cm³/mol. The molecule has 9 heteroatoms. The van der Waals surface area contributed by atoms with Crippen molar-refractivity contribution in [1.29, 1.82) is 0 Å². The number of aryl methyl sites for hydroxylation is 1. The summed E-state index contributed by atoms with van der Waals surface area (Å²) in [5, 5.41) is 11.5. The lowest BCUT2D eigenvalue weighted by Crippen LogP contribution is -2.43. The zero-order valence-electron chi connectivity index (χ0n) is 19.3. The molecule has 4 rings (SSSR count). The molecule has 1 aromatic carbocycles. The number of carbonyl (C=O) groups excluding carboxylic acids is 2. The van der Waals surface area contributed by atoms with Gasteiger partial charge in [0.25, 0.3) is 0 Å². The minimum atomic E-state index is -0.0570. The Labute approximate surface area is 199 Å². The molecule has 3 heterocycles. The van der Waals surface area contributed by atoms with Crippen molar-refractivity contribution in [3.05, 3.63) is 35.0 Å². The summed E-state index contributed by atoms with van der Waals surface area (Å²) in [5.41, 5.74) is 2.34. The number of rotatable bonds is 7. The predicted octanol–water partition coefficient (Wildman–Crippen LogP) is 3.69. The summed E-state index contributed by atoms with van der Waals surface area (Å²) < 4.78 is 7.47. The SMILES string of the molecule is CCC(=O)Nc1c(C)nn(-c2ccc(Cl)cc2)c1N1CCC(C(=O)NCC2CCCO2)CC1. The maximum absolute atomic E-state index is 12.7. The van der Waals surface area contributed by atoms with E-state index in [1.54, 1.807) is 0 Å². The molecule has 2 aliphatic rings. The Hall–Kier alpha value is -2.58. The van der Waals surface area contributed by atoms with Gasteiger partial charge < -0.3 is 20.3 Å². The van der Waals surface area contributed by atoms with Gasteiger partial charge in [-0.25, -0.2) is 4.68 Å². The van der Waals surface area contributed by atoms with Gasteiger partial charge in [0.2, 0.25) is 11.8 Å². The van der Waals surface area contributed by atoms with Gasteiger partial charge in [0.1, 0.15) is 5.69 Å². The smallest absolute Gasteiger partial charge is 0.224 e. The van der Waals surface area contributed by atoms with Crippen LogP contribution in [-0.4, -0.2) is 53.9 Å². The van der Waals surface area contributed by atoms with Crippen molar-refractivity contribution in [2.24, 2.45) is 5.92 Å². The molecule has 0 bridgehead atoms. The Kier molecular flexibility index (Phi) is 7.55. The Morgan fingerprint density at radius 1 is 1.18 bits per heavy atom. The number of hydrogen-bond acceptors (Lipinski definition) is 5. The van der Waals surface area contributed by atoms with E-state index in [1.807, 2.05) is 42.8 Å². The molecule has 2 fully saturated rings. The van der Waals surface area contributed by atoms with Crippen molar-refractivity contribution in [2.45, 2.75) is 52.1 Å². The van der Waals surface area contributed by atoms with Crippen LogP contribution in [0.1, 0.15) is 44.7 Å². The van der Waals surface area contributed by atoms with Gasteiger partial charge in [-0.2, -0.15) is 5.10 Å². The van der Waals surface area contributed by atoms with E-state index in [0.29, 0.717) is 31.1 Å². The molecule has 2 aromatic rings. The van der Waals surface area contributed by atoms with Gasteiger partial charge in [-0.1, -0.05) is 18.5 Å². The second-order valence-electron chi connectivity index (χ2n) is 8.72. The fourth-order valence-electron chi connectivity index (χ4n) is 4.46. The third-order valence-corrected chi connectivity index (χ3v) is 6.64. The van der Waals surface area contributed by atoms with Crippen LogP contribution in [-0.2, 0) is 14.3 Å². The summed E-state index contributed by atoms with van der Waals surface area (Å²) in [6.45, 7) is 6.50. The average Bonchev–Trinajstić information content (AvgIpc) is 3.46. The highest BCUT2D eigenvalue weighted by molar-refractivity contribution is 6.30. The molecule has 2 aliphatic heterocycles. The van der Waals surface area contributed by atoms with E-state index in [-0.39, 0.29) is 23.8 Å². The summed E-state index contributed by atoms with van der Waals surface area (Å²) in [6, 6.07) is 7.48. The molecule has 1 aromatic heterocycles. The topological polar surface area (TPSA) is 88.5 Å². The molecule has 0 spiro atoms. The number of hydrogen-bond donors (Lipinski definition) is 2. The highest BCUT2D eigenvalue weighted by atomic mass is 35.5. The molecule has 2 amide bonds. The van der Waals surface area contributed by atoms with Crippen molar-refractivity contribution in [3.63, 3.8) is 0 Å². The molecular weight excluding hydrogens is 442 g/mol. The molecule has 2 N–H and O–H groups in total. The minimum Gasteiger partial charge on any atom is -0.376 e. The molecule has 2 saturated heterocycles. The van der Waals surface area contributed by atoms with Gasteiger partial charge in [0.05, 0.1) is 17.5 Å². The maximum Gasteiger partial charge on any atom is 0.224 e. The minimum absolute atomic E-state index is 0.0238. The summed E-state index contributed by atoms with van der Waals surface area (Å²) in [6.07, 6.45) is 4.09. The Bertz CT molecular complexity index is 977. The van der Waals surface area contributed by atoms with Crippen LogP contribution < -0.4 is 15.5 Å². The molecule has 0 saturated carbocycles. The van der Waals surface area contributed by atoms with Crippen LogP contribution in [0.3, 0.4) is 0 Å². The maximum atomic E-state index is 12.7. The fraction of sp³-hybridized carbons (Fsp3) is 0.542. The summed E-state index contributed by atoms with van der Waals surface area (Å²) in [7, 11) is 0. The number of aromatic nitrogens is 2. The lowest BCUT2D eigenvalue weighted by Gasteiger charge is -2.33. The number of carbonyl (C=O) groups is 2. The second-order valence-corrected chi connectivity index (χ2v) is 9.15. The van der Waals surface area contributed by atoms with Gasteiger partial charge in [-0.15, -0.1) is 0 Å². The normalized spacial score (nSPS) is 19.0. The number of ether oxygens (including phenoxy) is 1. The molecule has 33 heavy (non-hydrogen) atoms. The fourth-order valence-corrected chi connectivity index (χ4v) is 4.59. The zero-order valence-corrected chi connectivity index (χ0v) is 20.0. The molecule has 1 atom stereocenters. The summed E-state index contributed by atoms with van der Waals surface area (Å²) >= 11 is 6.08. The highest BCUT2D eigenvalue weighted by Crippen LogP contribution is 2.35. The molecule has 178 valence electrons. The largest absolute Gasteiger partial charge is 0.376 e. The highest BCUT2D eigenvalue weighted by Gasteiger charge is 2.30. The third-order valence-electron chi connectivity index (χ3n) is 6.39. The molecule has 1 unspecified atom stereocenters. The van der Waals surface area contributed by atoms with Crippen molar-refractivity contribution in [3.8, 4) is 5.69 Å². The number of piperidine rings is 1. The van der Waals surface area contributed by atoms with Crippen LogP contribution in [0.2, 0.25) is 5.02 Å². The number of benzene rings is 1. The van der Waals surface area contributed by atoms with Crippen molar-refractivity contribution in [2.75, 3.05) is 36.5 Å². The first-order valence-corrected chi connectivity index (χ1v) is 12.1. The number of nitrogens with zero attached hydrogens (tertiary/aromatic N) is 3. The summed E-state index contributed by atoms with van der Waals surface area (Å²) in [5.74, 6) is 0.865. The molecule has 8 nitrogen and oxygen atoms in total. The lowest BCUT2D eigenvalue weighted by atomic mass is 9.95. The van der Waals surface area contributed by atoms with E-state index in [9.17, 15) is 9.59 Å². The number of amides is 2. The number of anilines is 2. The van der Waals surface area contributed by atoms with Gasteiger partial charge in [-0.3, -0.25) is 9.59 Å². The first kappa shape index (κ1) is 23.6. The van der Waals surface area contributed by atoms with E-state index < -0.39 is 0 Å². The second kappa shape index (κ2) is 10.6. The van der Waals surface area contributed by atoms with Crippen molar-refractivity contribution < 1.29 is 14.3 Å². The first-order chi connectivity index (χ1) is 16.0. The van der Waals surface area contributed by atoms with E-state index in [4.69, 9.17) is 21.4 Å². The van der Waals surface area contributed by atoms with Crippen LogP contribution in [0.4, 0.5) is 11.5 Å². The van der Waals surface area contributed by atoms with E-state index in [1.165, 1.54) is 0 Å². The zero-order chi connectivity index (χ0) is 23.4. The Balaban J connectivity index is 1.50. The monoisotopic (exact) mass is 473 g/mol. The van der Waals surface area contributed by atoms with Crippen molar-refractivity contribution in [1.82, 2.24) is 15.1 Å². The van der Waals surface area contributed by atoms with Crippen LogP contribution >= 0.6 is 11.6 Å². The molecular formula is C24H32ClN5O3. The van der Waals surface area contributed by atoms with E-state index >= 15 is 0 Å².